The van der Waals surface area contributed by atoms with Gasteiger partial charge in [-0.05, 0) is 45.4 Å². The number of aryl methyl sites for hydroxylation is 2. The lowest BCUT2D eigenvalue weighted by molar-refractivity contribution is -0.132. The molecule has 4 rings (SSSR count). The summed E-state index contributed by atoms with van der Waals surface area (Å²) < 4.78 is 0. The first-order chi connectivity index (χ1) is 12.5. The van der Waals surface area contributed by atoms with Crippen LogP contribution in [0.1, 0.15) is 42.1 Å². The Kier molecular flexibility index (Phi) is 4.14. The second kappa shape index (κ2) is 6.35. The first-order valence-corrected chi connectivity index (χ1v) is 9.54. The molecule has 2 aliphatic heterocycles. The van der Waals surface area contributed by atoms with Gasteiger partial charge in [-0.2, -0.15) is 0 Å². The number of likely N-dealkylation sites (N-methyl/N-ethyl adjacent to an activating group) is 1. The van der Waals surface area contributed by atoms with E-state index in [0.29, 0.717) is 0 Å². The maximum absolute atomic E-state index is 13.5. The molecule has 0 radical (unpaired) electrons. The largest absolute Gasteiger partial charge is 0.349 e. The number of hydrogen-bond donors (Lipinski definition) is 0. The van der Waals surface area contributed by atoms with Crippen molar-refractivity contribution in [3.63, 3.8) is 0 Å². The van der Waals surface area contributed by atoms with Crippen LogP contribution in [0.5, 0.6) is 0 Å². The number of nitrogens with zero attached hydrogens (tertiary/aromatic N) is 3. The predicted octanol–water partition coefficient (Wildman–Crippen LogP) is 4.01. The minimum absolute atomic E-state index is 0.204. The summed E-state index contributed by atoms with van der Waals surface area (Å²) in [7, 11) is 0. The average Bonchev–Trinajstić information content (AvgIpc) is 2.62. The Labute approximate surface area is 156 Å². The van der Waals surface area contributed by atoms with Gasteiger partial charge in [-0.25, -0.2) is 0 Å². The number of anilines is 2. The quantitative estimate of drug-likeness (QED) is 0.838. The third-order valence-electron chi connectivity index (χ3n) is 5.67. The van der Waals surface area contributed by atoms with Crippen molar-refractivity contribution < 1.29 is 4.79 Å². The van der Waals surface area contributed by atoms with Crippen molar-refractivity contribution in [1.29, 1.82) is 0 Å². The predicted molar refractivity (Wildman–Crippen MR) is 107 cm³/mol. The summed E-state index contributed by atoms with van der Waals surface area (Å²) >= 11 is 0. The van der Waals surface area contributed by atoms with E-state index in [1.165, 1.54) is 28.1 Å². The number of hydrogen-bond acceptors (Lipinski definition) is 3. The van der Waals surface area contributed by atoms with Gasteiger partial charge >= 0.3 is 0 Å². The third-order valence-corrected chi connectivity index (χ3v) is 5.67. The molecule has 2 heterocycles. The van der Waals surface area contributed by atoms with Crippen molar-refractivity contribution in [3.05, 3.63) is 58.7 Å². The summed E-state index contributed by atoms with van der Waals surface area (Å²) in [6, 6.07) is 12.9. The number of benzene rings is 2. The lowest BCUT2D eigenvalue weighted by atomic mass is 9.92. The van der Waals surface area contributed by atoms with Gasteiger partial charge in [0.1, 0.15) is 6.04 Å². The molecule has 2 bridgehead atoms. The summed E-state index contributed by atoms with van der Waals surface area (Å²) in [6.07, 6.45) is 0. The minimum atomic E-state index is -0.247. The Morgan fingerprint density at radius 3 is 2.38 bits per heavy atom. The van der Waals surface area contributed by atoms with E-state index in [2.05, 4.69) is 73.9 Å². The van der Waals surface area contributed by atoms with Gasteiger partial charge in [0.15, 0.2) is 0 Å². The Balaban J connectivity index is 1.89. The summed E-state index contributed by atoms with van der Waals surface area (Å²) in [4.78, 5) is 20.1. The van der Waals surface area contributed by atoms with Crippen LogP contribution in [0.3, 0.4) is 0 Å². The molecule has 26 heavy (non-hydrogen) atoms. The number of carbonyl (C=O) groups is 1. The van der Waals surface area contributed by atoms with Crippen LogP contribution in [-0.4, -0.2) is 30.6 Å². The van der Waals surface area contributed by atoms with Gasteiger partial charge in [-0.1, -0.05) is 35.4 Å². The smallest absolute Gasteiger partial charge is 0.250 e. The lowest BCUT2D eigenvalue weighted by Gasteiger charge is -2.49. The first-order valence-electron chi connectivity index (χ1n) is 9.54. The topological polar surface area (TPSA) is 26.8 Å². The van der Waals surface area contributed by atoms with Gasteiger partial charge in [-0.15, -0.1) is 0 Å². The molecule has 2 aliphatic rings. The van der Waals surface area contributed by atoms with Crippen LogP contribution in [0.2, 0.25) is 0 Å². The first kappa shape index (κ1) is 17.0. The van der Waals surface area contributed by atoms with E-state index in [-0.39, 0.29) is 11.9 Å². The van der Waals surface area contributed by atoms with Gasteiger partial charge in [-0.3, -0.25) is 4.79 Å². The van der Waals surface area contributed by atoms with Gasteiger partial charge < -0.3 is 14.7 Å². The highest BCUT2D eigenvalue weighted by Crippen LogP contribution is 2.45. The maximum Gasteiger partial charge on any atom is 0.250 e. The number of carbonyl (C=O) groups excluding carboxylic acids is 1. The monoisotopic (exact) mass is 349 g/mol. The van der Waals surface area contributed by atoms with E-state index in [1.54, 1.807) is 0 Å². The summed E-state index contributed by atoms with van der Waals surface area (Å²) in [5, 5.41) is 0. The zero-order valence-corrected chi connectivity index (χ0v) is 16.1. The molecule has 2 aromatic carbocycles. The van der Waals surface area contributed by atoms with E-state index in [1.807, 2.05) is 4.90 Å². The van der Waals surface area contributed by atoms with E-state index < -0.39 is 0 Å². The second-order valence-corrected chi connectivity index (χ2v) is 7.42. The number of rotatable bonds is 3. The molecule has 0 aromatic heterocycles. The van der Waals surface area contributed by atoms with Crippen molar-refractivity contribution in [3.8, 4) is 0 Å². The van der Waals surface area contributed by atoms with E-state index in [4.69, 9.17) is 0 Å². The molecule has 1 amide bonds. The van der Waals surface area contributed by atoms with Crippen LogP contribution in [0.4, 0.5) is 11.4 Å². The van der Waals surface area contributed by atoms with Crippen LogP contribution in [0.25, 0.3) is 0 Å². The molecule has 4 heteroatoms. The van der Waals surface area contributed by atoms with Gasteiger partial charge in [0.05, 0.1) is 6.67 Å². The number of fused-ring (bicyclic) bond motifs is 6. The molecule has 2 aromatic rings. The summed E-state index contributed by atoms with van der Waals surface area (Å²) in [5.41, 5.74) is 7.31. The standard InChI is InChI=1S/C22H27N3O/c1-5-23(6-2)22(26)21-18-12-16(4)8-10-20(18)24-13-17-11-15(3)7-9-19(17)25(21)14-24/h7-12,21H,5-6,13-14H2,1-4H3/t21-/m1/s1. The molecule has 0 aliphatic carbocycles. The van der Waals surface area contributed by atoms with E-state index in [0.717, 1.165) is 31.9 Å². The van der Waals surface area contributed by atoms with E-state index >= 15 is 0 Å². The van der Waals surface area contributed by atoms with Gasteiger partial charge in [0.2, 0.25) is 5.91 Å². The molecule has 0 fully saturated rings. The molecule has 0 N–H and O–H groups in total. The van der Waals surface area contributed by atoms with Crippen molar-refractivity contribution in [2.24, 2.45) is 0 Å². The lowest BCUT2D eigenvalue weighted by Crippen LogP contribution is -2.53. The van der Waals surface area contributed by atoms with Crippen LogP contribution in [0.15, 0.2) is 36.4 Å². The Morgan fingerprint density at radius 2 is 1.69 bits per heavy atom. The molecule has 136 valence electrons. The van der Waals surface area contributed by atoms with Crippen molar-refractivity contribution in [2.75, 3.05) is 29.6 Å². The fraction of sp³-hybridized carbons (Fsp3) is 0.409. The highest BCUT2D eigenvalue weighted by atomic mass is 16.2. The molecule has 0 spiro atoms. The van der Waals surface area contributed by atoms with Crippen molar-refractivity contribution >= 4 is 17.3 Å². The summed E-state index contributed by atoms with van der Waals surface area (Å²) in [6.45, 7) is 11.5. The Bertz CT molecular complexity index is 856. The molecule has 4 nitrogen and oxygen atoms in total. The van der Waals surface area contributed by atoms with Gasteiger partial charge in [0.25, 0.3) is 0 Å². The Hall–Kier alpha value is -2.49. The molecule has 1 atom stereocenters. The van der Waals surface area contributed by atoms with Gasteiger partial charge in [0, 0.05) is 36.6 Å². The van der Waals surface area contributed by atoms with Crippen molar-refractivity contribution in [1.82, 2.24) is 4.90 Å². The van der Waals surface area contributed by atoms with Crippen LogP contribution in [-0.2, 0) is 11.3 Å². The molecule has 0 saturated carbocycles. The van der Waals surface area contributed by atoms with Crippen LogP contribution in [0, 0.1) is 13.8 Å². The average molecular weight is 349 g/mol. The third kappa shape index (κ3) is 2.56. The fourth-order valence-corrected chi connectivity index (χ4v) is 4.34. The molecule has 0 saturated heterocycles. The summed E-state index contributed by atoms with van der Waals surface area (Å²) in [5.74, 6) is 0.204. The van der Waals surface area contributed by atoms with E-state index in [9.17, 15) is 4.79 Å². The SMILES string of the molecule is CCN(CC)C(=O)[C@H]1c2cc(C)ccc2N2Cc3cc(C)ccc3N1C2. The fourth-order valence-electron chi connectivity index (χ4n) is 4.34. The van der Waals surface area contributed by atoms with Crippen LogP contribution >= 0.6 is 0 Å². The highest BCUT2D eigenvalue weighted by molar-refractivity contribution is 5.91. The Morgan fingerprint density at radius 1 is 1.04 bits per heavy atom. The zero-order chi connectivity index (χ0) is 18.4. The molecule has 0 unspecified atom stereocenters. The highest BCUT2D eigenvalue weighted by Gasteiger charge is 2.41. The second-order valence-electron chi connectivity index (χ2n) is 7.42. The van der Waals surface area contributed by atoms with Crippen LogP contribution < -0.4 is 9.80 Å². The maximum atomic E-state index is 13.5. The molecular weight excluding hydrogens is 322 g/mol. The number of amides is 1. The normalized spacial score (nSPS) is 17.6. The van der Waals surface area contributed by atoms with Crippen molar-refractivity contribution in [2.45, 2.75) is 40.3 Å². The molecular formula is C22H27N3O. The minimum Gasteiger partial charge on any atom is -0.349 e. The zero-order valence-electron chi connectivity index (χ0n) is 16.1.